The van der Waals surface area contributed by atoms with Crippen molar-refractivity contribution in [2.24, 2.45) is 11.8 Å². The van der Waals surface area contributed by atoms with E-state index in [9.17, 15) is 10.1 Å². The van der Waals surface area contributed by atoms with Gasteiger partial charge in [-0.1, -0.05) is 13.8 Å². The fourth-order valence-corrected chi connectivity index (χ4v) is 4.72. The number of hydrogen-bond donors (Lipinski definition) is 0. The number of rotatable bonds is 5. The van der Waals surface area contributed by atoms with Crippen molar-refractivity contribution in [3.63, 3.8) is 0 Å². The maximum absolute atomic E-state index is 12.9. The second-order valence-corrected chi connectivity index (χ2v) is 9.16. The molecule has 2 heterocycles. The Hall–Kier alpha value is -1.61. The van der Waals surface area contributed by atoms with Gasteiger partial charge in [0.05, 0.1) is 17.3 Å². The molecule has 0 radical (unpaired) electrons. The van der Waals surface area contributed by atoms with Crippen molar-refractivity contribution in [2.75, 3.05) is 24.5 Å². The van der Waals surface area contributed by atoms with Crippen molar-refractivity contribution in [2.45, 2.75) is 57.9 Å². The molecule has 1 amide bonds. The van der Waals surface area contributed by atoms with Crippen LogP contribution >= 0.6 is 15.9 Å². The molecule has 4 rings (SSSR count). The zero-order chi connectivity index (χ0) is 19.1. The Bertz CT molecular complexity index is 781. The van der Waals surface area contributed by atoms with Gasteiger partial charge in [-0.05, 0) is 60.0 Å². The molecule has 3 aliphatic rings. The van der Waals surface area contributed by atoms with Crippen LogP contribution in [0, 0.1) is 23.2 Å². The number of carbonyl (C=O) groups excluding carboxylic acids is 1. The molecule has 0 N–H and O–H groups in total. The number of halogens is 1. The van der Waals surface area contributed by atoms with Gasteiger partial charge in [0.1, 0.15) is 11.9 Å². The number of carbonyl (C=O) groups is 1. The summed E-state index contributed by atoms with van der Waals surface area (Å²) in [6, 6.07) is 4.51. The van der Waals surface area contributed by atoms with Gasteiger partial charge < -0.3 is 9.80 Å². The summed E-state index contributed by atoms with van der Waals surface area (Å²) in [5.41, 5.74) is 1.72. The third-order valence-electron chi connectivity index (χ3n) is 6.27. The van der Waals surface area contributed by atoms with Crippen LogP contribution in [-0.4, -0.2) is 41.5 Å². The average molecular weight is 431 g/mol. The molecule has 3 fully saturated rings. The molecule has 5 nitrogen and oxygen atoms in total. The zero-order valence-corrected chi connectivity index (χ0v) is 17.7. The first-order valence-corrected chi connectivity index (χ1v) is 11.0. The van der Waals surface area contributed by atoms with Crippen LogP contribution < -0.4 is 4.90 Å². The molecule has 0 bridgehead atoms. The first kappa shape index (κ1) is 18.7. The Morgan fingerprint density at radius 1 is 1.37 bits per heavy atom. The summed E-state index contributed by atoms with van der Waals surface area (Å²) in [5, 5.41) is 9.65. The number of nitrogens with zero attached hydrogens (tertiary/aromatic N) is 4. The number of hydrogen-bond acceptors (Lipinski definition) is 4. The maximum atomic E-state index is 12.9. The molecule has 2 saturated carbocycles. The molecule has 2 atom stereocenters. The van der Waals surface area contributed by atoms with Gasteiger partial charge in [-0.25, -0.2) is 4.98 Å². The number of amides is 1. The lowest BCUT2D eigenvalue weighted by molar-refractivity contribution is -0.138. The van der Waals surface area contributed by atoms with Crippen molar-refractivity contribution in [1.29, 1.82) is 5.26 Å². The topological polar surface area (TPSA) is 60.2 Å². The molecule has 1 aliphatic heterocycles. The summed E-state index contributed by atoms with van der Waals surface area (Å²) in [5.74, 6) is 2.31. The monoisotopic (exact) mass is 430 g/mol. The van der Waals surface area contributed by atoms with Crippen LogP contribution in [0.25, 0.3) is 0 Å². The maximum Gasteiger partial charge on any atom is 0.225 e. The van der Waals surface area contributed by atoms with E-state index >= 15 is 0 Å². The van der Waals surface area contributed by atoms with E-state index in [0.717, 1.165) is 42.0 Å². The molecular formula is C21H27BrN4O. The van der Waals surface area contributed by atoms with Gasteiger partial charge in [0.2, 0.25) is 5.91 Å². The van der Waals surface area contributed by atoms with E-state index in [1.165, 1.54) is 25.7 Å². The van der Waals surface area contributed by atoms with Gasteiger partial charge in [0, 0.05) is 35.9 Å². The Balaban J connectivity index is 1.60. The zero-order valence-electron chi connectivity index (χ0n) is 16.1. The van der Waals surface area contributed by atoms with E-state index in [-0.39, 0.29) is 17.9 Å². The number of aromatic nitrogens is 1. The van der Waals surface area contributed by atoms with E-state index in [1.807, 2.05) is 13.0 Å². The van der Waals surface area contributed by atoms with Crippen LogP contribution in [0.5, 0.6) is 0 Å². The molecule has 0 spiro atoms. The molecule has 0 aromatic carbocycles. The van der Waals surface area contributed by atoms with Gasteiger partial charge in [-0.2, -0.15) is 5.26 Å². The van der Waals surface area contributed by atoms with E-state index in [0.29, 0.717) is 17.4 Å². The lowest BCUT2D eigenvalue weighted by atomic mass is 10.0. The normalized spacial score (nSPS) is 23.9. The smallest absolute Gasteiger partial charge is 0.225 e. The minimum atomic E-state index is 0.0831. The third kappa shape index (κ3) is 3.71. The SMILES string of the molecule is CCC(C)C(=O)N1CCN(c2nc(C3CC3)c(Br)cc2C#N)C[C@H]1C1CC1. The summed E-state index contributed by atoms with van der Waals surface area (Å²) in [6.07, 6.45) is 5.65. The van der Waals surface area contributed by atoms with Gasteiger partial charge in [0.25, 0.3) is 0 Å². The summed E-state index contributed by atoms with van der Waals surface area (Å²) in [4.78, 5) is 22.2. The van der Waals surface area contributed by atoms with Gasteiger partial charge >= 0.3 is 0 Å². The first-order valence-electron chi connectivity index (χ1n) is 10.2. The highest BCUT2D eigenvalue weighted by molar-refractivity contribution is 9.10. The van der Waals surface area contributed by atoms with Crippen LogP contribution in [0.4, 0.5) is 5.82 Å². The van der Waals surface area contributed by atoms with Crippen LogP contribution in [0.15, 0.2) is 10.5 Å². The molecule has 1 aromatic heterocycles. The number of piperazine rings is 1. The van der Waals surface area contributed by atoms with E-state index in [2.05, 4.69) is 38.7 Å². The Labute approximate surface area is 169 Å². The predicted octanol–water partition coefficient (Wildman–Crippen LogP) is 4.07. The van der Waals surface area contributed by atoms with Crippen LogP contribution in [0.1, 0.15) is 63.1 Å². The van der Waals surface area contributed by atoms with Crippen molar-refractivity contribution in [3.05, 3.63) is 21.8 Å². The molecule has 1 unspecified atom stereocenters. The fourth-order valence-electron chi connectivity index (χ4n) is 4.08. The molecule has 2 aliphatic carbocycles. The largest absolute Gasteiger partial charge is 0.352 e. The van der Waals surface area contributed by atoms with Gasteiger partial charge in [-0.3, -0.25) is 4.79 Å². The Kier molecular flexibility index (Phi) is 5.15. The molecule has 27 heavy (non-hydrogen) atoms. The summed E-state index contributed by atoms with van der Waals surface area (Å²) in [7, 11) is 0. The second-order valence-electron chi connectivity index (χ2n) is 8.30. The lowest BCUT2D eigenvalue weighted by Crippen LogP contribution is -2.57. The first-order chi connectivity index (χ1) is 13.0. The van der Waals surface area contributed by atoms with Crippen molar-refractivity contribution in [1.82, 2.24) is 9.88 Å². The van der Waals surface area contributed by atoms with Crippen molar-refractivity contribution >= 4 is 27.7 Å². The Morgan fingerprint density at radius 3 is 2.70 bits per heavy atom. The third-order valence-corrected chi connectivity index (χ3v) is 6.90. The highest BCUT2D eigenvalue weighted by Crippen LogP contribution is 2.44. The van der Waals surface area contributed by atoms with Crippen LogP contribution in [-0.2, 0) is 4.79 Å². The van der Waals surface area contributed by atoms with E-state index < -0.39 is 0 Å². The summed E-state index contributed by atoms with van der Waals surface area (Å²) >= 11 is 3.60. The van der Waals surface area contributed by atoms with E-state index in [4.69, 9.17) is 4.98 Å². The predicted molar refractivity (Wildman–Crippen MR) is 109 cm³/mol. The number of nitriles is 1. The summed E-state index contributed by atoms with van der Waals surface area (Å²) < 4.78 is 0.953. The lowest BCUT2D eigenvalue weighted by Gasteiger charge is -2.43. The molecule has 1 aromatic rings. The molecule has 6 heteroatoms. The molecule has 1 saturated heterocycles. The van der Waals surface area contributed by atoms with Crippen molar-refractivity contribution in [3.8, 4) is 6.07 Å². The molecule has 144 valence electrons. The number of pyridine rings is 1. The summed E-state index contributed by atoms with van der Waals surface area (Å²) in [6.45, 7) is 6.38. The van der Waals surface area contributed by atoms with Gasteiger partial charge in [-0.15, -0.1) is 0 Å². The Morgan fingerprint density at radius 2 is 2.11 bits per heavy atom. The standard InChI is InChI=1S/C21H27BrN4O/c1-3-13(2)21(27)26-9-8-25(12-18(26)14-4-5-14)20-16(11-23)10-17(22)19(24-20)15-6-7-15/h10,13-15,18H,3-9,12H2,1-2H3/t13?,18-/m0/s1. The average Bonchev–Trinajstić information content (AvgIpc) is 3.58. The quantitative estimate of drug-likeness (QED) is 0.706. The van der Waals surface area contributed by atoms with Crippen molar-refractivity contribution < 1.29 is 4.79 Å². The van der Waals surface area contributed by atoms with E-state index in [1.54, 1.807) is 0 Å². The van der Waals surface area contributed by atoms with Gasteiger partial charge in [0.15, 0.2) is 0 Å². The van der Waals surface area contributed by atoms with Crippen LogP contribution in [0.2, 0.25) is 0 Å². The highest BCUT2D eigenvalue weighted by Gasteiger charge is 2.42. The highest BCUT2D eigenvalue weighted by atomic mass is 79.9. The minimum absolute atomic E-state index is 0.0831. The van der Waals surface area contributed by atoms with Crippen LogP contribution in [0.3, 0.4) is 0 Å². The molecular weight excluding hydrogens is 404 g/mol. The number of anilines is 1. The minimum Gasteiger partial charge on any atom is -0.352 e. The fraction of sp³-hybridized carbons (Fsp3) is 0.667. The second kappa shape index (κ2) is 7.43.